The number of carbonyl (C=O) groups is 2. The van der Waals surface area contributed by atoms with Crippen LogP contribution < -0.4 is 10.1 Å². The van der Waals surface area contributed by atoms with E-state index >= 15 is 0 Å². The van der Waals surface area contributed by atoms with Crippen molar-refractivity contribution in [3.63, 3.8) is 0 Å². The van der Waals surface area contributed by atoms with Crippen LogP contribution >= 0.6 is 0 Å². The van der Waals surface area contributed by atoms with Gasteiger partial charge in [-0.1, -0.05) is 50.2 Å². The van der Waals surface area contributed by atoms with Crippen LogP contribution in [0.25, 0.3) is 0 Å². The van der Waals surface area contributed by atoms with Gasteiger partial charge in [-0.15, -0.1) is 0 Å². The largest absolute Gasteiger partial charge is 0.497 e. The zero-order chi connectivity index (χ0) is 21.7. The fourth-order valence-corrected chi connectivity index (χ4v) is 3.64. The van der Waals surface area contributed by atoms with Crippen molar-refractivity contribution in [2.24, 2.45) is 0 Å². The van der Waals surface area contributed by atoms with Gasteiger partial charge in [0.25, 0.3) is 0 Å². The van der Waals surface area contributed by atoms with Crippen molar-refractivity contribution >= 4 is 11.8 Å². The van der Waals surface area contributed by atoms with Crippen LogP contribution in [0.3, 0.4) is 0 Å². The van der Waals surface area contributed by atoms with Crippen molar-refractivity contribution in [1.82, 2.24) is 10.2 Å². The highest BCUT2D eigenvalue weighted by Gasteiger charge is 2.33. The summed E-state index contributed by atoms with van der Waals surface area (Å²) in [5, 5.41) is 2.94. The van der Waals surface area contributed by atoms with Crippen molar-refractivity contribution in [2.45, 2.75) is 64.6 Å². The van der Waals surface area contributed by atoms with Gasteiger partial charge < -0.3 is 15.0 Å². The van der Waals surface area contributed by atoms with Gasteiger partial charge in [-0.2, -0.15) is 0 Å². The average molecular weight is 409 g/mol. The van der Waals surface area contributed by atoms with E-state index in [9.17, 15) is 9.59 Å². The Balaban J connectivity index is 1.73. The van der Waals surface area contributed by atoms with Crippen LogP contribution in [0.1, 0.15) is 68.7 Å². The van der Waals surface area contributed by atoms with Crippen LogP contribution in [0.2, 0.25) is 0 Å². The van der Waals surface area contributed by atoms with E-state index in [-0.39, 0.29) is 24.3 Å². The topological polar surface area (TPSA) is 58.6 Å². The Morgan fingerprint density at radius 3 is 2.13 bits per heavy atom. The van der Waals surface area contributed by atoms with E-state index in [0.717, 1.165) is 29.7 Å². The smallest absolute Gasteiger partial charge is 0.225 e. The monoisotopic (exact) mass is 408 g/mol. The molecule has 2 aromatic rings. The van der Waals surface area contributed by atoms with E-state index in [2.05, 4.69) is 43.4 Å². The lowest BCUT2D eigenvalue weighted by atomic mass is 10.0. The molecule has 2 amide bonds. The second-order valence-electron chi connectivity index (χ2n) is 8.38. The quantitative estimate of drug-likeness (QED) is 0.661. The first-order chi connectivity index (χ1) is 14.4. The molecule has 3 rings (SSSR count). The molecule has 2 aromatic carbocycles. The molecule has 0 heterocycles. The van der Waals surface area contributed by atoms with E-state index in [1.165, 1.54) is 12.5 Å². The van der Waals surface area contributed by atoms with E-state index in [0.29, 0.717) is 18.5 Å². The van der Waals surface area contributed by atoms with Crippen molar-refractivity contribution in [1.29, 1.82) is 0 Å². The average Bonchev–Trinajstić information content (AvgIpc) is 3.56. The summed E-state index contributed by atoms with van der Waals surface area (Å²) in [6.07, 6.45) is 2.33. The molecule has 160 valence electrons. The number of carbonyl (C=O) groups excluding carboxylic acids is 2. The third-order valence-corrected chi connectivity index (χ3v) is 5.58. The Morgan fingerprint density at radius 1 is 1.03 bits per heavy atom. The summed E-state index contributed by atoms with van der Waals surface area (Å²) in [6.45, 7) is 6.44. The Bertz CT molecular complexity index is 855. The molecule has 0 spiro atoms. The number of rotatable bonds is 9. The van der Waals surface area contributed by atoms with Crippen molar-refractivity contribution in [3.05, 3.63) is 65.2 Å². The van der Waals surface area contributed by atoms with Crippen molar-refractivity contribution in [2.75, 3.05) is 7.11 Å². The molecule has 5 heteroatoms. The van der Waals surface area contributed by atoms with Gasteiger partial charge in [0, 0.05) is 19.5 Å². The van der Waals surface area contributed by atoms with Crippen molar-refractivity contribution in [3.8, 4) is 5.75 Å². The fraction of sp³-hybridized carbons (Fsp3) is 0.440. The molecule has 5 nitrogen and oxygen atoms in total. The van der Waals surface area contributed by atoms with Crippen LogP contribution in [0.15, 0.2) is 48.5 Å². The summed E-state index contributed by atoms with van der Waals surface area (Å²) in [7, 11) is 1.62. The molecule has 1 atom stereocenters. The Labute approximate surface area is 179 Å². The van der Waals surface area contributed by atoms with E-state index in [4.69, 9.17) is 4.74 Å². The molecular weight excluding hydrogens is 376 g/mol. The minimum Gasteiger partial charge on any atom is -0.497 e. The summed E-state index contributed by atoms with van der Waals surface area (Å²) < 4.78 is 5.22. The highest BCUT2D eigenvalue weighted by atomic mass is 16.5. The lowest BCUT2D eigenvalue weighted by Crippen LogP contribution is -2.36. The molecule has 1 saturated carbocycles. The fourth-order valence-electron chi connectivity index (χ4n) is 3.64. The maximum atomic E-state index is 13.2. The SMILES string of the molecule is COc1ccc([C@H](CC(=O)N(Cc2ccc(C(C)C)cc2)C2CC2)NC(C)=O)cc1. The van der Waals surface area contributed by atoms with Gasteiger partial charge in [-0.25, -0.2) is 0 Å². The Hall–Kier alpha value is -2.82. The molecule has 0 bridgehead atoms. The Kier molecular flexibility index (Phi) is 7.14. The predicted octanol–water partition coefficient (Wildman–Crippen LogP) is 4.58. The van der Waals surface area contributed by atoms with Crippen molar-refractivity contribution < 1.29 is 14.3 Å². The molecule has 1 aliphatic rings. The molecule has 1 fully saturated rings. The van der Waals surface area contributed by atoms with Crippen LogP contribution in [0, 0.1) is 0 Å². The van der Waals surface area contributed by atoms with Crippen LogP contribution in [-0.4, -0.2) is 29.9 Å². The Morgan fingerprint density at radius 2 is 1.63 bits per heavy atom. The summed E-state index contributed by atoms with van der Waals surface area (Å²) in [5.74, 6) is 1.16. The van der Waals surface area contributed by atoms with Gasteiger partial charge in [0.15, 0.2) is 0 Å². The minimum absolute atomic E-state index is 0.0694. The van der Waals surface area contributed by atoms with E-state index < -0.39 is 0 Å². The number of methoxy groups -OCH3 is 1. The molecule has 0 aliphatic heterocycles. The van der Waals surface area contributed by atoms with E-state index in [1.807, 2.05) is 29.2 Å². The lowest BCUT2D eigenvalue weighted by molar-refractivity contribution is -0.133. The molecule has 30 heavy (non-hydrogen) atoms. The number of ether oxygens (including phenoxy) is 1. The summed E-state index contributed by atoms with van der Waals surface area (Å²) in [6, 6.07) is 16.0. The van der Waals surface area contributed by atoms with Gasteiger partial charge >= 0.3 is 0 Å². The zero-order valence-electron chi connectivity index (χ0n) is 18.4. The number of nitrogens with one attached hydrogen (secondary N) is 1. The lowest BCUT2D eigenvalue weighted by Gasteiger charge is -2.26. The van der Waals surface area contributed by atoms with Crippen LogP contribution in [0.4, 0.5) is 0 Å². The van der Waals surface area contributed by atoms with Gasteiger partial charge in [0.1, 0.15) is 5.75 Å². The standard InChI is InChI=1S/C25H32N2O3/c1-17(2)20-7-5-19(6-8-20)16-27(22-11-12-22)25(29)15-24(26-18(3)28)21-9-13-23(30-4)14-10-21/h5-10,13-14,17,22,24H,11-12,15-16H2,1-4H3,(H,26,28)/t24-/m0/s1. The first-order valence-corrected chi connectivity index (χ1v) is 10.7. The highest BCUT2D eigenvalue weighted by Crippen LogP contribution is 2.31. The first kappa shape index (κ1) is 21.9. The molecular formula is C25H32N2O3. The maximum absolute atomic E-state index is 13.2. The molecule has 0 aromatic heterocycles. The molecule has 0 unspecified atom stereocenters. The minimum atomic E-state index is -0.356. The number of hydrogen-bond donors (Lipinski definition) is 1. The van der Waals surface area contributed by atoms with Gasteiger partial charge in [-0.05, 0) is 47.6 Å². The summed E-state index contributed by atoms with van der Waals surface area (Å²) >= 11 is 0. The number of benzene rings is 2. The maximum Gasteiger partial charge on any atom is 0.225 e. The highest BCUT2D eigenvalue weighted by molar-refractivity contribution is 5.79. The third kappa shape index (κ3) is 5.85. The molecule has 1 N–H and O–H groups in total. The molecule has 0 radical (unpaired) electrons. The number of amides is 2. The summed E-state index contributed by atoms with van der Waals surface area (Å²) in [4.78, 5) is 27.0. The molecule has 1 aliphatic carbocycles. The normalized spacial score (nSPS) is 14.3. The third-order valence-electron chi connectivity index (χ3n) is 5.58. The molecule has 0 saturated heterocycles. The van der Waals surface area contributed by atoms with E-state index in [1.54, 1.807) is 7.11 Å². The second kappa shape index (κ2) is 9.79. The van der Waals surface area contributed by atoms with Crippen LogP contribution in [0.5, 0.6) is 5.75 Å². The number of hydrogen-bond acceptors (Lipinski definition) is 3. The van der Waals surface area contributed by atoms with Gasteiger partial charge in [0.2, 0.25) is 11.8 Å². The first-order valence-electron chi connectivity index (χ1n) is 10.7. The zero-order valence-corrected chi connectivity index (χ0v) is 18.4. The van der Waals surface area contributed by atoms with Gasteiger partial charge in [-0.3, -0.25) is 9.59 Å². The van der Waals surface area contributed by atoms with Gasteiger partial charge in [0.05, 0.1) is 19.6 Å². The second-order valence-corrected chi connectivity index (χ2v) is 8.38. The predicted molar refractivity (Wildman–Crippen MR) is 118 cm³/mol. The summed E-state index contributed by atoms with van der Waals surface area (Å²) in [5.41, 5.74) is 3.34. The van der Waals surface area contributed by atoms with Crippen LogP contribution in [-0.2, 0) is 16.1 Å². The number of nitrogens with zero attached hydrogens (tertiary/aromatic N) is 1.